The Hall–Kier alpha value is -0.770. The van der Waals surface area contributed by atoms with Gasteiger partial charge in [-0.3, -0.25) is 4.99 Å². The van der Waals surface area contributed by atoms with Crippen LogP contribution < -0.4 is 10.6 Å². The van der Waals surface area contributed by atoms with Crippen LogP contribution in [0, 0.1) is 0 Å². The lowest BCUT2D eigenvalue weighted by molar-refractivity contribution is 0.0261. The molecule has 0 aromatic rings. The highest BCUT2D eigenvalue weighted by atomic mass is 127. The lowest BCUT2D eigenvalue weighted by Gasteiger charge is -2.37. The molecule has 0 atom stereocenters. The van der Waals surface area contributed by atoms with Crippen LogP contribution in [0.25, 0.3) is 0 Å². The number of guanidine groups is 1. The summed E-state index contributed by atoms with van der Waals surface area (Å²) in [5.41, 5.74) is -0.881. The molecule has 28 heavy (non-hydrogen) atoms. The number of nitrogens with one attached hydrogen (secondary N) is 2. The predicted octanol–water partition coefficient (Wildman–Crippen LogP) is 3.76. The summed E-state index contributed by atoms with van der Waals surface area (Å²) in [4.78, 5) is 19.0. The smallest absolute Gasteiger partial charge is 0.408 e. The first-order valence-electron chi connectivity index (χ1n) is 10.3. The minimum Gasteiger partial charge on any atom is -0.444 e. The van der Waals surface area contributed by atoms with Crippen LogP contribution in [-0.2, 0) is 9.47 Å². The molecule has 1 aliphatic rings. The van der Waals surface area contributed by atoms with E-state index in [2.05, 4.69) is 34.4 Å². The number of hydrogen-bond acceptors (Lipinski definition) is 4. The summed E-state index contributed by atoms with van der Waals surface area (Å²) >= 11 is 0. The lowest BCUT2D eigenvalue weighted by atomic mass is 9.93. The fourth-order valence-corrected chi connectivity index (χ4v) is 3.29. The van der Waals surface area contributed by atoms with E-state index in [0.717, 1.165) is 51.3 Å². The molecule has 7 nitrogen and oxygen atoms in total. The Bertz CT molecular complexity index is 482. The van der Waals surface area contributed by atoms with Crippen LogP contribution in [0.15, 0.2) is 4.99 Å². The standard InChI is InChI=1S/C20H40N4O3.HI/c1-8-20(9-2,23-18(25)27-19(4,5)6)15-22-17(21-7)24-13-11-16(12-14-24)26-10-3;/h16H,8-15H2,1-7H3,(H,21,22)(H,23,25);1H. The summed E-state index contributed by atoms with van der Waals surface area (Å²) in [6.07, 6.45) is 3.61. The van der Waals surface area contributed by atoms with Gasteiger partial charge < -0.3 is 25.0 Å². The molecule has 8 heteroatoms. The van der Waals surface area contributed by atoms with Crippen LogP contribution in [0.1, 0.15) is 67.2 Å². The quantitative estimate of drug-likeness (QED) is 0.309. The SMILES string of the molecule is CCOC1CCN(C(=NC)NCC(CC)(CC)NC(=O)OC(C)(C)C)CC1.I. The van der Waals surface area contributed by atoms with Crippen molar-refractivity contribution in [3.8, 4) is 0 Å². The molecule has 0 saturated carbocycles. The van der Waals surface area contributed by atoms with Gasteiger partial charge >= 0.3 is 6.09 Å². The summed E-state index contributed by atoms with van der Waals surface area (Å²) in [5, 5.41) is 6.54. The van der Waals surface area contributed by atoms with Crippen LogP contribution >= 0.6 is 24.0 Å². The van der Waals surface area contributed by atoms with Crippen molar-refractivity contribution in [1.82, 2.24) is 15.5 Å². The number of rotatable bonds is 7. The summed E-state index contributed by atoms with van der Waals surface area (Å²) in [6.45, 7) is 15.1. The van der Waals surface area contributed by atoms with Crippen molar-refractivity contribution in [3.05, 3.63) is 0 Å². The van der Waals surface area contributed by atoms with Crippen LogP contribution in [0.4, 0.5) is 4.79 Å². The number of nitrogens with zero attached hydrogens (tertiary/aromatic N) is 2. The molecule has 0 aromatic heterocycles. The van der Waals surface area contributed by atoms with Gasteiger partial charge in [0.15, 0.2) is 5.96 Å². The van der Waals surface area contributed by atoms with Crippen LogP contribution in [0.3, 0.4) is 0 Å². The summed E-state index contributed by atoms with van der Waals surface area (Å²) in [6, 6.07) is 0. The lowest BCUT2D eigenvalue weighted by Crippen LogP contribution is -2.58. The van der Waals surface area contributed by atoms with Crippen molar-refractivity contribution in [2.24, 2.45) is 4.99 Å². The van der Waals surface area contributed by atoms with E-state index in [1.54, 1.807) is 7.05 Å². The third-order valence-corrected chi connectivity index (χ3v) is 5.06. The van der Waals surface area contributed by atoms with Crippen molar-refractivity contribution in [2.45, 2.75) is 84.5 Å². The minimum atomic E-state index is -0.508. The van der Waals surface area contributed by atoms with Crippen LogP contribution in [0.5, 0.6) is 0 Å². The molecule has 0 aliphatic carbocycles. The van der Waals surface area contributed by atoms with Crippen molar-refractivity contribution < 1.29 is 14.3 Å². The van der Waals surface area contributed by atoms with Gasteiger partial charge in [-0.25, -0.2) is 4.79 Å². The van der Waals surface area contributed by atoms with E-state index in [0.29, 0.717) is 12.6 Å². The van der Waals surface area contributed by atoms with Gasteiger partial charge in [-0.1, -0.05) is 13.8 Å². The molecule has 1 heterocycles. The molecule has 0 spiro atoms. The van der Waals surface area contributed by atoms with E-state index in [9.17, 15) is 4.79 Å². The van der Waals surface area contributed by atoms with Crippen molar-refractivity contribution in [3.63, 3.8) is 0 Å². The zero-order chi connectivity index (χ0) is 20.5. The van der Waals surface area contributed by atoms with E-state index in [4.69, 9.17) is 9.47 Å². The molecule has 1 aliphatic heterocycles. The number of ether oxygens (including phenoxy) is 2. The molecule has 0 bridgehead atoms. The molecule has 1 rings (SSSR count). The average Bonchev–Trinajstić information content (AvgIpc) is 2.61. The van der Waals surface area contributed by atoms with Crippen molar-refractivity contribution in [1.29, 1.82) is 0 Å². The maximum atomic E-state index is 12.3. The van der Waals surface area contributed by atoms with Crippen LogP contribution in [-0.4, -0.2) is 67.5 Å². The molecular formula is C20H41IN4O3. The van der Waals surface area contributed by atoms with Gasteiger partial charge in [0.25, 0.3) is 0 Å². The van der Waals surface area contributed by atoms with E-state index >= 15 is 0 Å². The largest absolute Gasteiger partial charge is 0.444 e. The second-order valence-corrected chi connectivity index (χ2v) is 8.16. The third kappa shape index (κ3) is 9.15. The maximum Gasteiger partial charge on any atom is 0.408 e. The molecule has 1 saturated heterocycles. The normalized spacial score (nSPS) is 16.4. The number of piperidine rings is 1. The van der Waals surface area contributed by atoms with Gasteiger partial charge in [0.2, 0.25) is 0 Å². The molecular weight excluding hydrogens is 471 g/mol. The monoisotopic (exact) mass is 512 g/mol. The van der Waals surface area contributed by atoms with Gasteiger partial charge in [-0.2, -0.15) is 0 Å². The first-order valence-corrected chi connectivity index (χ1v) is 10.3. The van der Waals surface area contributed by atoms with E-state index in [-0.39, 0.29) is 35.6 Å². The Morgan fingerprint density at radius 2 is 1.71 bits per heavy atom. The summed E-state index contributed by atoms with van der Waals surface area (Å²) in [5.74, 6) is 0.877. The third-order valence-electron chi connectivity index (χ3n) is 5.06. The maximum absolute atomic E-state index is 12.3. The topological polar surface area (TPSA) is 75.2 Å². The molecule has 0 unspecified atom stereocenters. The molecule has 1 fully saturated rings. The van der Waals surface area contributed by atoms with Gasteiger partial charge in [0.1, 0.15) is 5.60 Å². The zero-order valence-corrected chi connectivity index (χ0v) is 21.1. The predicted molar refractivity (Wildman–Crippen MR) is 126 cm³/mol. The molecule has 0 aromatic carbocycles. The van der Waals surface area contributed by atoms with Gasteiger partial charge in [-0.05, 0) is 53.4 Å². The number of alkyl carbamates (subject to hydrolysis) is 1. The highest BCUT2D eigenvalue weighted by Gasteiger charge is 2.31. The Morgan fingerprint density at radius 3 is 2.14 bits per heavy atom. The fourth-order valence-electron chi connectivity index (χ4n) is 3.29. The molecule has 0 radical (unpaired) electrons. The highest BCUT2D eigenvalue weighted by Crippen LogP contribution is 2.18. The number of halogens is 1. The number of amides is 1. The Balaban J connectivity index is 0.00000729. The van der Waals surface area contributed by atoms with Gasteiger partial charge in [0, 0.05) is 33.3 Å². The fraction of sp³-hybridized carbons (Fsp3) is 0.900. The van der Waals surface area contributed by atoms with Gasteiger partial charge in [-0.15, -0.1) is 24.0 Å². The highest BCUT2D eigenvalue weighted by molar-refractivity contribution is 14.0. The number of carbonyl (C=O) groups excluding carboxylic acids is 1. The minimum absolute atomic E-state index is 0. The second-order valence-electron chi connectivity index (χ2n) is 8.16. The average molecular weight is 512 g/mol. The second kappa shape index (κ2) is 12.7. The van der Waals surface area contributed by atoms with E-state index in [1.165, 1.54) is 0 Å². The van der Waals surface area contributed by atoms with Gasteiger partial charge in [0.05, 0.1) is 11.6 Å². The van der Waals surface area contributed by atoms with E-state index in [1.807, 2.05) is 27.7 Å². The van der Waals surface area contributed by atoms with Crippen molar-refractivity contribution >= 4 is 36.0 Å². The number of hydrogen-bond donors (Lipinski definition) is 2. The number of carbonyl (C=O) groups is 1. The summed E-state index contributed by atoms with van der Waals surface area (Å²) in [7, 11) is 1.80. The Kier molecular flexibility index (Phi) is 12.4. The molecule has 166 valence electrons. The van der Waals surface area contributed by atoms with Crippen LogP contribution in [0.2, 0.25) is 0 Å². The first-order chi connectivity index (χ1) is 12.7. The Labute approximate surface area is 188 Å². The van der Waals surface area contributed by atoms with Crippen molar-refractivity contribution in [2.75, 3.05) is 33.3 Å². The number of aliphatic imine (C=N–C) groups is 1. The van der Waals surface area contributed by atoms with E-state index < -0.39 is 5.60 Å². The Morgan fingerprint density at radius 1 is 1.14 bits per heavy atom. The molecule has 1 amide bonds. The summed E-state index contributed by atoms with van der Waals surface area (Å²) < 4.78 is 11.2. The first kappa shape index (κ1) is 27.2. The number of likely N-dealkylation sites (tertiary alicyclic amines) is 1. The zero-order valence-electron chi connectivity index (χ0n) is 18.8. The molecule has 2 N–H and O–H groups in total.